The van der Waals surface area contributed by atoms with Crippen LogP contribution < -0.4 is 5.73 Å². The maximum Gasteiger partial charge on any atom is 0.177 e. The Balaban J connectivity index is 2.31. The van der Waals surface area contributed by atoms with Crippen molar-refractivity contribution in [1.29, 1.82) is 0 Å². The summed E-state index contributed by atoms with van der Waals surface area (Å²) in [6.45, 7) is 4.66. The van der Waals surface area contributed by atoms with Gasteiger partial charge in [-0.05, 0) is 5.92 Å². The third-order valence-electron chi connectivity index (χ3n) is 2.52. The number of hydrogen-bond donors (Lipinski definition) is 2. The maximum atomic E-state index is 8.82. The Morgan fingerprint density at radius 3 is 2.76 bits per heavy atom. The Labute approximate surface area is 99.7 Å². The zero-order valence-electron chi connectivity index (χ0n) is 10.0. The number of rotatable bonds is 4. The van der Waals surface area contributed by atoms with Gasteiger partial charge in [0.1, 0.15) is 5.82 Å². The highest BCUT2D eigenvalue weighted by Crippen LogP contribution is 2.18. The van der Waals surface area contributed by atoms with E-state index < -0.39 is 0 Å². The van der Waals surface area contributed by atoms with Gasteiger partial charge in [0.25, 0.3) is 0 Å². The Morgan fingerprint density at radius 2 is 2.18 bits per heavy atom. The summed E-state index contributed by atoms with van der Waals surface area (Å²) >= 11 is 0. The van der Waals surface area contributed by atoms with Crippen LogP contribution in [0.1, 0.15) is 25.5 Å². The lowest BCUT2D eigenvalue weighted by Crippen LogP contribution is -2.06. The van der Waals surface area contributed by atoms with Crippen LogP contribution in [0.15, 0.2) is 18.3 Å². The van der Waals surface area contributed by atoms with Crippen LogP contribution >= 0.6 is 0 Å². The molecule has 6 heteroatoms. The van der Waals surface area contributed by atoms with E-state index in [0.29, 0.717) is 24.1 Å². The molecule has 0 aromatic carbocycles. The van der Waals surface area contributed by atoms with Crippen LogP contribution in [0.4, 0.5) is 5.82 Å². The summed E-state index contributed by atoms with van der Waals surface area (Å²) in [5.74, 6) is 1.57. The Morgan fingerprint density at radius 1 is 1.41 bits per heavy atom. The molecule has 92 valence electrons. The molecular formula is C11H17N5O. The minimum Gasteiger partial charge on any atom is -0.394 e. The molecule has 2 aromatic rings. The molecular weight excluding hydrogens is 218 g/mol. The molecule has 0 spiro atoms. The van der Waals surface area contributed by atoms with Gasteiger partial charge in [-0.15, -0.1) is 0 Å². The van der Waals surface area contributed by atoms with E-state index in [1.54, 1.807) is 15.6 Å². The summed E-state index contributed by atoms with van der Waals surface area (Å²) in [6.07, 6.45) is 1.79. The summed E-state index contributed by atoms with van der Waals surface area (Å²) in [6, 6.07) is 3.68. The quantitative estimate of drug-likeness (QED) is 0.820. The molecule has 2 heterocycles. The molecule has 0 bridgehead atoms. The van der Waals surface area contributed by atoms with E-state index in [-0.39, 0.29) is 6.61 Å². The Kier molecular flexibility index (Phi) is 3.14. The summed E-state index contributed by atoms with van der Waals surface area (Å²) in [7, 11) is 0. The molecule has 2 aromatic heterocycles. The van der Waals surface area contributed by atoms with E-state index in [0.717, 1.165) is 5.69 Å². The molecule has 0 aliphatic rings. The SMILES string of the molecule is CC(C)c1cc(N)n(-c2ccn(CCO)n2)n1. The zero-order chi connectivity index (χ0) is 12.4. The molecule has 0 aliphatic heterocycles. The first kappa shape index (κ1) is 11.7. The molecule has 0 saturated heterocycles. The predicted molar refractivity (Wildman–Crippen MR) is 64.9 cm³/mol. The summed E-state index contributed by atoms with van der Waals surface area (Å²) in [5.41, 5.74) is 6.84. The summed E-state index contributed by atoms with van der Waals surface area (Å²) in [5, 5.41) is 17.5. The number of aliphatic hydroxyl groups excluding tert-OH is 1. The van der Waals surface area contributed by atoms with Gasteiger partial charge in [0.05, 0.1) is 18.8 Å². The minimum atomic E-state index is 0.0625. The number of aromatic nitrogens is 4. The van der Waals surface area contributed by atoms with Crippen LogP contribution in [0, 0.1) is 0 Å². The van der Waals surface area contributed by atoms with Crippen molar-refractivity contribution in [2.75, 3.05) is 12.3 Å². The molecule has 0 saturated carbocycles. The fourth-order valence-corrected chi connectivity index (χ4v) is 1.57. The van der Waals surface area contributed by atoms with Gasteiger partial charge in [0.2, 0.25) is 0 Å². The number of aliphatic hydroxyl groups is 1. The normalized spacial score (nSPS) is 11.3. The van der Waals surface area contributed by atoms with Gasteiger partial charge in [0, 0.05) is 18.3 Å². The number of anilines is 1. The van der Waals surface area contributed by atoms with E-state index in [9.17, 15) is 0 Å². The summed E-state index contributed by atoms with van der Waals surface area (Å²) < 4.78 is 3.27. The Hall–Kier alpha value is -1.82. The van der Waals surface area contributed by atoms with E-state index >= 15 is 0 Å². The van der Waals surface area contributed by atoms with Crippen LogP contribution in [0.2, 0.25) is 0 Å². The van der Waals surface area contributed by atoms with Crippen molar-refractivity contribution in [1.82, 2.24) is 19.6 Å². The monoisotopic (exact) mass is 235 g/mol. The molecule has 0 radical (unpaired) electrons. The van der Waals surface area contributed by atoms with Gasteiger partial charge in [0.15, 0.2) is 5.82 Å². The molecule has 0 fully saturated rings. The lowest BCUT2D eigenvalue weighted by atomic mass is 10.1. The third-order valence-corrected chi connectivity index (χ3v) is 2.52. The van der Waals surface area contributed by atoms with Gasteiger partial charge in [-0.2, -0.15) is 14.9 Å². The first-order valence-electron chi connectivity index (χ1n) is 5.62. The molecule has 0 amide bonds. The predicted octanol–water partition coefficient (Wildman–Crippen LogP) is 0.767. The van der Waals surface area contributed by atoms with Gasteiger partial charge >= 0.3 is 0 Å². The molecule has 17 heavy (non-hydrogen) atoms. The minimum absolute atomic E-state index is 0.0625. The van der Waals surface area contributed by atoms with Gasteiger partial charge < -0.3 is 10.8 Å². The number of nitrogens with two attached hydrogens (primary N) is 1. The number of hydrogen-bond acceptors (Lipinski definition) is 4. The van der Waals surface area contributed by atoms with Crippen molar-refractivity contribution in [2.24, 2.45) is 0 Å². The van der Waals surface area contributed by atoms with E-state index in [4.69, 9.17) is 10.8 Å². The second-order valence-electron chi connectivity index (χ2n) is 4.22. The number of nitrogen functional groups attached to an aromatic ring is 1. The first-order valence-corrected chi connectivity index (χ1v) is 5.62. The third kappa shape index (κ3) is 2.31. The largest absolute Gasteiger partial charge is 0.394 e. The van der Waals surface area contributed by atoms with Crippen LogP contribution in [0.25, 0.3) is 5.82 Å². The smallest absolute Gasteiger partial charge is 0.177 e. The molecule has 6 nitrogen and oxygen atoms in total. The van der Waals surface area contributed by atoms with Crippen molar-refractivity contribution < 1.29 is 5.11 Å². The molecule has 2 rings (SSSR count). The van der Waals surface area contributed by atoms with E-state index in [1.807, 2.05) is 12.1 Å². The van der Waals surface area contributed by atoms with E-state index in [1.165, 1.54) is 0 Å². The molecule has 3 N–H and O–H groups in total. The average Bonchev–Trinajstić information content (AvgIpc) is 2.85. The lowest BCUT2D eigenvalue weighted by Gasteiger charge is -2.00. The fraction of sp³-hybridized carbons (Fsp3) is 0.455. The van der Waals surface area contributed by atoms with Crippen molar-refractivity contribution in [2.45, 2.75) is 26.3 Å². The highest BCUT2D eigenvalue weighted by atomic mass is 16.3. The molecule has 0 aliphatic carbocycles. The van der Waals surface area contributed by atoms with Crippen molar-refractivity contribution in [3.05, 3.63) is 24.0 Å². The van der Waals surface area contributed by atoms with Crippen molar-refractivity contribution in [3.8, 4) is 5.82 Å². The summed E-state index contributed by atoms with van der Waals surface area (Å²) in [4.78, 5) is 0. The van der Waals surface area contributed by atoms with Crippen molar-refractivity contribution >= 4 is 5.82 Å². The second-order valence-corrected chi connectivity index (χ2v) is 4.22. The second kappa shape index (κ2) is 4.58. The van der Waals surface area contributed by atoms with Crippen LogP contribution in [-0.2, 0) is 6.54 Å². The van der Waals surface area contributed by atoms with Gasteiger partial charge in [-0.25, -0.2) is 0 Å². The maximum absolute atomic E-state index is 8.82. The highest BCUT2D eigenvalue weighted by Gasteiger charge is 2.11. The first-order chi connectivity index (χ1) is 8.11. The zero-order valence-corrected chi connectivity index (χ0v) is 10.0. The van der Waals surface area contributed by atoms with Gasteiger partial charge in [-0.1, -0.05) is 13.8 Å². The Bertz CT molecular complexity index is 500. The van der Waals surface area contributed by atoms with Crippen LogP contribution in [0.3, 0.4) is 0 Å². The van der Waals surface area contributed by atoms with E-state index in [2.05, 4.69) is 24.0 Å². The average molecular weight is 235 g/mol. The standard InChI is InChI=1S/C11H17N5O/c1-8(2)9-7-10(12)16(13-9)11-3-4-15(14-11)5-6-17/h3-4,7-8,17H,5-6,12H2,1-2H3. The van der Waals surface area contributed by atoms with Gasteiger partial charge in [-0.3, -0.25) is 4.68 Å². The molecule has 0 unspecified atom stereocenters. The fourth-order valence-electron chi connectivity index (χ4n) is 1.57. The lowest BCUT2D eigenvalue weighted by molar-refractivity contribution is 0.269. The highest BCUT2D eigenvalue weighted by molar-refractivity contribution is 5.39. The molecule has 0 atom stereocenters. The topological polar surface area (TPSA) is 81.9 Å². The van der Waals surface area contributed by atoms with Crippen molar-refractivity contribution in [3.63, 3.8) is 0 Å². The van der Waals surface area contributed by atoms with Crippen LogP contribution in [0.5, 0.6) is 0 Å². The number of nitrogens with zero attached hydrogens (tertiary/aromatic N) is 4. The van der Waals surface area contributed by atoms with Crippen LogP contribution in [-0.4, -0.2) is 31.3 Å².